The summed E-state index contributed by atoms with van der Waals surface area (Å²) in [6.45, 7) is 0. The summed E-state index contributed by atoms with van der Waals surface area (Å²) in [5.41, 5.74) is 0.0850. The van der Waals surface area contributed by atoms with Gasteiger partial charge in [-0.3, -0.25) is 0 Å². The van der Waals surface area contributed by atoms with Gasteiger partial charge in [0.05, 0.1) is 0 Å². The molecular formula is C8H5FN2O2. The highest BCUT2D eigenvalue weighted by atomic mass is 19.1. The summed E-state index contributed by atoms with van der Waals surface area (Å²) in [6.07, 6.45) is 1.29. The second-order valence-electron chi connectivity index (χ2n) is 2.55. The Labute approximate surface area is 72.0 Å². The molecule has 2 N–H and O–H groups in total. The molecule has 0 unspecified atom stereocenters. The third-order valence-electron chi connectivity index (χ3n) is 1.73. The largest absolute Gasteiger partial charge is 0.477 e. The van der Waals surface area contributed by atoms with Gasteiger partial charge < -0.3 is 10.1 Å². The van der Waals surface area contributed by atoms with Crippen molar-refractivity contribution in [1.82, 2.24) is 9.97 Å². The lowest BCUT2D eigenvalue weighted by atomic mass is 10.3. The highest BCUT2D eigenvalue weighted by Gasteiger charge is 2.09. The Morgan fingerprint density at radius 2 is 2.38 bits per heavy atom. The van der Waals surface area contributed by atoms with E-state index in [9.17, 15) is 9.18 Å². The Morgan fingerprint density at radius 1 is 1.62 bits per heavy atom. The van der Waals surface area contributed by atoms with Crippen molar-refractivity contribution >= 4 is 16.9 Å². The maximum atomic E-state index is 12.9. The molecule has 0 aliphatic carbocycles. The average molecular weight is 180 g/mol. The number of fused-ring (bicyclic) bond motifs is 1. The lowest BCUT2D eigenvalue weighted by molar-refractivity contribution is 0.0691. The lowest BCUT2D eigenvalue weighted by Crippen LogP contribution is -1.95. The number of nitrogens with zero attached hydrogens (tertiary/aromatic N) is 1. The number of carboxylic acid groups (broad SMARTS) is 1. The number of nitrogens with one attached hydrogen (secondary N) is 1. The SMILES string of the molecule is O=C(O)c1cc2ccnc(F)c2[nH]1. The van der Waals surface area contributed by atoms with Crippen LogP contribution in [-0.2, 0) is 0 Å². The fourth-order valence-electron chi connectivity index (χ4n) is 1.14. The zero-order valence-electron chi connectivity index (χ0n) is 6.41. The van der Waals surface area contributed by atoms with Crippen LogP contribution in [0.15, 0.2) is 18.3 Å². The molecule has 5 heteroatoms. The van der Waals surface area contributed by atoms with Crippen LogP contribution < -0.4 is 0 Å². The van der Waals surface area contributed by atoms with E-state index in [0.717, 1.165) is 0 Å². The van der Waals surface area contributed by atoms with Crippen LogP contribution in [0.4, 0.5) is 4.39 Å². The molecule has 0 amide bonds. The van der Waals surface area contributed by atoms with E-state index < -0.39 is 11.9 Å². The van der Waals surface area contributed by atoms with E-state index in [2.05, 4.69) is 9.97 Å². The summed E-state index contributed by atoms with van der Waals surface area (Å²) in [6, 6.07) is 2.91. The van der Waals surface area contributed by atoms with Crippen molar-refractivity contribution in [2.45, 2.75) is 0 Å². The number of H-pyrrole nitrogens is 1. The molecule has 0 atom stereocenters. The molecule has 2 heterocycles. The van der Waals surface area contributed by atoms with Crippen LogP contribution in [0, 0.1) is 5.95 Å². The number of aromatic carboxylic acids is 1. The Morgan fingerprint density at radius 3 is 3.00 bits per heavy atom. The van der Waals surface area contributed by atoms with Crippen molar-refractivity contribution < 1.29 is 14.3 Å². The summed E-state index contributed by atoms with van der Waals surface area (Å²) in [7, 11) is 0. The normalized spacial score (nSPS) is 10.5. The minimum atomic E-state index is -1.12. The van der Waals surface area contributed by atoms with Crippen LogP contribution in [0.1, 0.15) is 10.5 Å². The molecule has 0 fully saturated rings. The molecule has 2 rings (SSSR count). The molecule has 0 aliphatic heterocycles. The standard InChI is InChI=1S/C8H5FN2O2/c9-7-6-4(1-2-10-7)3-5(11-6)8(12)13/h1-3,11H,(H,12,13). The maximum Gasteiger partial charge on any atom is 0.352 e. The third kappa shape index (κ3) is 1.14. The smallest absolute Gasteiger partial charge is 0.352 e. The number of rotatable bonds is 1. The van der Waals surface area contributed by atoms with Crippen molar-refractivity contribution in [1.29, 1.82) is 0 Å². The monoisotopic (exact) mass is 180 g/mol. The molecular weight excluding hydrogens is 175 g/mol. The summed E-state index contributed by atoms with van der Waals surface area (Å²) < 4.78 is 12.9. The van der Waals surface area contributed by atoms with Crippen molar-refractivity contribution in [3.8, 4) is 0 Å². The van der Waals surface area contributed by atoms with Gasteiger partial charge in [0, 0.05) is 11.6 Å². The maximum absolute atomic E-state index is 12.9. The number of aromatic nitrogens is 2. The minimum Gasteiger partial charge on any atom is -0.477 e. The van der Waals surface area contributed by atoms with Crippen LogP contribution in [0.5, 0.6) is 0 Å². The summed E-state index contributed by atoms with van der Waals surface area (Å²) in [5.74, 6) is -1.80. The highest BCUT2D eigenvalue weighted by molar-refractivity contribution is 5.93. The van der Waals surface area contributed by atoms with Crippen LogP contribution in [-0.4, -0.2) is 21.0 Å². The van der Waals surface area contributed by atoms with E-state index >= 15 is 0 Å². The van der Waals surface area contributed by atoms with Crippen LogP contribution in [0.2, 0.25) is 0 Å². The van der Waals surface area contributed by atoms with Crippen molar-refractivity contribution in [2.24, 2.45) is 0 Å². The van der Waals surface area contributed by atoms with Crippen LogP contribution >= 0.6 is 0 Å². The van der Waals surface area contributed by atoms with Crippen LogP contribution in [0.25, 0.3) is 10.9 Å². The number of aromatic amines is 1. The first-order valence-electron chi connectivity index (χ1n) is 3.55. The molecule has 13 heavy (non-hydrogen) atoms. The first-order chi connectivity index (χ1) is 6.18. The van der Waals surface area contributed by atoms with Crippen molar-refractivity contribution in [3.05, 3.63) is 30.0 Å². The predicted molar refractivity (Wildman–Crippen MR) is 43.0 cm³/mol. The third-order valence-corrected chi connectivity index (χ3v) is 1.73. The fraction of sp³-hybridized carbons (Fsp3) is 0. The molecule has 0 bridgehead atoms. The first kappa shape index (κ1) is 7.72. The Hall–Kier alpha value is -1.91. The summed E-state index contributed by atoms with van der Waals surface area (Å²) >= 11 is 0. The summed E-state index contributed by atoms with van der Waals surface area (Å²) in [4.78, 5) is 16.3. The van der Waals surface area contributed by atoms with Gasteiger partial charge in [0.1, 0.15) is 11.2 Å². The van der Waals surface area contributed by atoms with E-state index in [1.54, 1.807) is 6.07 Å². The molecule has 0 saturated carbocycles. The molecule has 0 aliphatic rings. The molecule has 66 valence electrons. The Balaban J connectivity index is 2.75. The fourth-order valence-corrected chi connectivity index (χ4v) is 1.14. The zero-order valence-corrected chi connectivity index (χ0v) is 6.41. The van der Waals surface area contributed by atoms with E-state index in [1.807, 2.05) is 0 Å². The topological polar surface area (TPSA) is 66.0 Å². The molecule has 2 aromatic heterocycles. The van der Waals surface area contributed by atoms with Gasteiger partial charge >= 0.3 is 5.97 Å². The number of carboxylic acids is 1. The van der Waals surface area contributed by atoms with Gasteiger partial charge in [-0.05, 0) is 12.1 Å². The van der Waals surface area contributed by atoms with E-state index in [4.69, 9.17) is 5.11 Å². The van der Waals surface area contributed by atoms with E-state index in [-0.39, 0.29) is 11.2 Å². The number of carbonyl (C=O) groups is 1. The lowest BCUT2D eigenvalue weighted by Gasteiger charge is -1.88. The number of pyridine rings is 1. The quantitative estimate of drug-likeness (QED) is 0.652. The second kappa shape index (κ2) is 2.55. The van der Waals surface area contributed by atoms with Gasteiger partial charge in [0.2, 0.25) is 5.95 Å². The molecule has 0 radical (unpaired) electrons. The van der Waals surface area contributed by atoms with Gasteiger partial charge in [-0.1, -0.05) is 0 Å². The number of hydrogen-bond acceptors (Lipinski definition) is 2. The Bertz CT molecular complexity index is 478. The molecule has 2 aromatic rings. The summed E-state index contributed by atoms with van der Waals surface area (Å²) in [5, 5.41) is 9.11. The zero-order chi connectivity index (χ0) is 9.42. The van der Waals surface area contributed by atoms with Crippen molar-refractivity contribution in [2.75, 3.05) is 0 Å². The van der Waals surface area contributed by atoms with Gasteiger partial charge in [-0.2, -0.15) is 4.39 Å². The minimum absolute atomic E-state index is 0.0399. The van der Waals surface area contributed by atoms with Gasteiger partial charge in [-0.15, -0.1) is 0 Å². The second-order valence-corrected chi connectivity index (χ2v) is 2.55. The molecule has 4 nitrogen and oxygen atoms in total. The first-order valence-corrected chi connectivity index (χ1v) is 3.55. The number of halogens is 1. The molecule has 0 aromatic carbocycles. The molecule has 0 saturated heterocycles. The van der Waals surface area contributed by atoms with Gasteiger partial charge in [0.25, 0.3) is 0 Å². The van der Waals surface area contributed by atoms with Crippen molar-refractivity contribution in [3.63, 3.8) is 0 Å². The number of hydrogen-bond donors (Lipinski definition) is 2. The average Bonchev–Trinajstić information content (AvgIpc) is 2.49. The van der Waals surface area contributed by atoms with Crippen LogP contribution in [0.3, 0.4) is 0 Å². The Kier molecular flexibility index (Phi) is 1.51. The van der Waals surface area contributed by atoms with Gasteiger partial charge in [0.15, 0.2) is 0 Å². The van der Waals surface area contributed by atoms with Gasteiger partial charge in [-0.25, -0.2) is 9.78 Å². The molecule has 0 spiro atoms. The van der Waals surface area contributed by atoms with E-state index in [0.29, 0.717) is 5.39 Å². The predicted octanol–water partition coefficient (Wildman–Crippen LogP) is 1.40. The highest BCUT2D eigenvalue weighted by Crippen LogP contribution is 2.16. The van der Waals surface area contributed by atoms with E-state index in [1.165, 1.54) is 12.3 Å².